The number of nitrogens with one attached hydrogen (secondary N) is 1. The highest BCUT2D eigenvalue weighted by Crippen LogP contribution is 2.34. The van der Waals surface area contributed by atoms with Gasteiger partial charge in [-0.3, -0.25) is 29.1 Å². The van der Waals surface area contributed by atoms with Crippen molar-refractivity contribution >= 4 is 51.9 Å². The van der Waals surface area contributed by atoms with E-state index in [0.717, 1.165) is 10.3 Å². The molecular weight excluding hydrogens is 494 g/mol. The Balaban J connectivity index is 1.63. The van der Waals surface area contributed by atoms with Crippen LogP contribution in [0.2, 0.25) is 5.02 Å². The lowest BCUT2D eigenvalue weighted by molar-refractivity contribution is -0.151. The molecule has 5 rings (SSSR count). The van der Waals surface area contributed by atoms with Crippen molar-refractivity contribution in [1.29, 1.82) is 0 Å². The normalized spacial score (nSPS) is 14.3. The highest BCUT2D eigenvalue weighted by atomic mass is 35.5. The van der Waals surface area contributed by atoms with Gasteiger partial charge in [-0.25, -0.2) is 0 Å². The van der Waals surface area contributed by atoms with Crippen LogP contribution in [0.25, 0.3) is 10.9 Å². The Labute approximate surface area is 216 Å². The number of nitrogens with zero attached hydrogens (tertiary/aromatic N) is 2. The third-order valence-electron chi connectivity index (χ3n) is 6.04. The van der Waals surface area contributed by atoms with Gasteiger partial charge in [0.25, 0.3) is 17.7 Å². The molecule has 9 heteroatoms. The van der Waals surface area contributed by atoms with Crippen LogP contribution >= 0.6 is 11.6 Å². The van der Waals surface area contributed by atoms with E-state index in [1.807, 2.05) is 12.1 Å². The molecule has 1 aromatic heterocycles. The Kier molecular flexibility index (Phi) is 6.42. The minimum absolute atomic E-state index is 0.162. The number of esters is 1. The molecule has 0 bridgehead atoms. The van der Waals surface area contributed by atoms with E-state index in [2.05, 4.69) is 10.3 Å². The Morgan fingerprint density at radius 3 is 2.19 bits per heavy atom. The number of para-hydroxylation sites is 1. The molecule has 1 aliphatic heterocycles. The lowest BCUT2D eigenvalue weighted by Gasteiger charge is -2.32. The molecule has 1 aliphatic rings. The Morgan fingerprint density at radius 2 is 1.54 bits per heavy atom. The molecule has 0 spiro atoms. The molecule has 0 saturated carbocycles. The number of imide groups is 1. The number of anilines is 1. The SMILES string of the molecule is CC(=O)O[C@@H](c1ccc(Cl)cc1)[C@@H](C(=O)Nc1cccc2cccnc12)N1C(=O)c2ccccc2C1=O. The number of aromatic nitrogens is 1. The van der Waals surface area contributed by atoms with Crippen molar-refractivity contribution in [2.24, 2.45) is 0 Å². The molecule has 0 aliphatic carbocycles. The molecule has 3 aromatic carbocycles. The van der Waals surface area contributed by atoms with Crippen molar-refractivity contribution in [3.63, 3.8) is 0 Å². The molecule has 37 heavy (non-hydrogen) atoms. The summed E-state index contributed by atoms with van der Waals surface area (Å²) >= 11 is 6.05. The smallest absolute Gasteiger partial charge is 0.303 e. The molecular formula is C28H20ClN3O5. The lowest BCUT2D eigenvalue weighted by Crippen LogP contribution is -2.51. The van der Waals surface area contributed by atoms with Crippen LogP contribution < -0.4 is 5.32 Å². The summed E-state index contributed by atoms with van der Waals surface area (Å²) in [6.45, 7) is 1.19. The first kappa shape index (κ1) is 24.1. The van der Waals surface area contributed by atoms with Crippen LogP contribution in [0.3, 0.4) is 0 Å². The van der Waals surface area contributed by atoms with Crippen LogP contribution in [0.5, 0.6) is 0 Å². The van der Waals surface area contributed by atoms with E-state index >= 15 is 0 Å². The molecule has 0 fully saturated rings. The van der Waals surface area contributed by atoms with Crippen molar-refractivity contribution in [1.82, 2.24) is 9.88 Å². The summed E-state index contributed by atoms with van der Waals surface area (Å²) in [7, 11) is 0. The van der Waals surface area contributed by atoms with Crippen molar-refractivity contribution in [3.05, 3.63) is 107 Å². The van der Waals surface area contributed by atoms with Gasteiger partial charge in [0.2, 0.25) is 0 Å². The van der Waals surface area contributed by atoms with E-state index in [1.165, 1.54) is 19.1 Å². The van der Waals surface area contributed by atoms with Crippen LogP contribution in [0, 0.1) is 0 Å². The number of hydrogen-bond donors (Lipinski definition) is 1. The van der Waals surface area contributed by atoms with Gasteiger partial charge in [-0.1, -0.05) is 54.1 Å². The van der Waals surface area contributed by atoms with E-state index in [9.17, 15) is 19.2 Å². The largest absolute Gasteiger partial charge is 0.455 e. The van der Waals surface area contributed by atoms with Crippen LogP contribution in [0.4, 0.5) is 5.69 Å². The van der Waals surface area contributed by atoms with Gasteiger partial charge in [-0.2, -0.15) is 0 Å². The van der Waals surface area contributed by atoms with Crippen molar-refractivity contribution in [2.45, 2.75) is 19.1 Å². The standard InChI is InChI=1S/C28H20ClN3O5/c1-16(33)37-25(18-11-13-19(29)14-12-18)24(32-27(35)20-8-2-3-9-21(20)28(32)36)26(34)31-22-10-4-6-17-7-5-15-30-23(17)22/h2-15,24-25H,1H3,(H,31,34)/t24-,25-/m0/s1. The fraction of sp³-hybridized carbons (Fsp3) is 0.107. The van der Waals surface area contributed by atoms with E-state index in [1.54, 1.807) is 60.8 Å². The van der Waals surface area contributed by atoms with E-state index in [0.29, 0.717) is 21.8 Å². The maximum absolute atomic E-state index is 13.9. The van der Waals surface area contributed by atoms with Gasteiger partial charge in [0.05, 0.1) is 22.3 Å². The van der Waals surface area contributed by atoms with Crippen LogP contribution in [0.15, 0.2) is 85.1 Å². The zero-order valence-electron chi connectivity index (χ0n) is 19.6. The first-order valence-electron chi connectivity index (χ1n) is 11.4. The van der Waals surface area contributed by atoms with E-state index in [4.69, 9.17) is 16.3 Å². The average molecular weight is 514 g/mol. The number of amides is 3. The summed E-state index contributed by atoms with van der Waals surface area (Å²) in [5.74, 6) is -2.75. The first-order valence-corrected chi connectivity index (χ1v) is 11.8. The molecule has 2 heterocycles. The number of ether oxygens (including phenoxy) is 1. The summed E-state index contributed by atoms with van der Waals surface area (Å²) in [5, 5.41) is 4.01. The number of pyridine rings is 1. The van der Waals surface area contributed by atoms with E-state index < -0.39 is 35.8 Å². The maximum atomic E-state index is 13.9. The fourth-order valence-electron chi connectivity index (χ4n) is 4.41. The predicted octanol–water partition coefficient (Wildman–Crippen LogP) is 4.80. The molecule has 4 aromatic rings. The minimum atomic E-state index is -1.53. The summed E-state index contributed by atoms with van der Waals surface area (Å²) in [6.07, 6.45) is 0.287. The third-order valence-corrected chi connectivity index (χ3v) is 6.29. The quantitative estimate of drug-likeness (QED) is 0.293. The highest BCUT2D eigenvalue weighted by Gasteiger charge is 2.48. The average Bonchev–Trinajstić information content (AvgIpc) is 3.14. The molecule has 0 radical (unpaired) electrons. The van der Waals surface area contributed by atoms with Gasteiger partial charge < -0.3 is 10.1 Å². The van der Waals surface area contributed by atoms with Crippen LogP contribution in [-0.2, 0) is 14.3 Å². The number of rotatable bonds is 6. The zero-order chi connectivity index (χ0) is 26.1. The molecule has 0 saturated heterocycles. The van der Waals surface area contributed by atoms with Gasteiger partial charge >= 0.3 is 5.97 Å². The second-order valence-corrected chi connectivity index (χ2v) is 8.86. The van der Waals surface area contributed by atoms with Gasteiger partial charge in [0, 0.05) is 23.5 Å². The van der Waals surface area contributed by atoms with Gasteiger partial charge in [0.15, 0.2) is 12.1 Å². The second kappa shape index (κ2) is 9.83. The predicted molar refractivity (Wildman–Crippen MR) is 137 cm³/mol. The number of benzene rings is 3. The molecule has 3 amide bonds. The zero-order valence-corrected chi connectivity index (χ0v) is 20.3. The highest BCUT2D eigenvalue weighted by molar-refractivity contribution is 6.30. The summed E-state index contributed by atoms with van der Waals surface area (Å²) < 4.78 is 5.59. The van der Waals surface area contributed by atoms with Crippen LogP contribution in [-0.4, -0.2) is 39.6 Å². The third kappa shape index (κ3) is 4.54. The number of fused-ring (bicyclic) bond motifs is 2. The Hall–Kier alpha value is -4.56. The van der Waals surface area contributed by atoms with Gasteiger partial charge in [-0.05, 0) is 42.0 Å². The van der Waals surface area contributed by atoms with E-state index in [-0.39, 0.29) is 11.1 Å². The molecule has 1 N–H and O–H groups in total. The minimum Gasteiger partial charge on any atom is -0.455 e. The van der Waals surface area contributed by atoms with Crippen LogP contribution in [0.1, 0.15) is 39.3 Å². The Bertz CT molecular complexity index is 1510. The van der Waals surface area contributed by atoms with Crippen molar-refractivity contribution in [2.75, 3.05) is 5.32 Å². The summed E-state index contributed by atoms with van der Waals surface area (Å²) in [6, 6.07) is 19.9. The van der Waals surface area contributed by atoms with Crippen molar-refractivity contribution in [3.8, 4) is 0 Å². The van der Waals surface area contributed by atoms with Gasteiger partial charge in [0.1, 0.15) is 0 Å². The van der Waals surface area contributed by atoms with Gasteiger partial charge in [-0.15, -0.1) is 0 Å². The molecule has 2 atom stereocenters. The monoisotopic (exact) mass is 513 g/mol. The topological polar surface area (TPSA) is 106 Å². The Morgan fingerprint density at radius 1 is 0.892 bits per heavy atom. The lowest BCUT2D eigenvalue weighted by atomic mass is 9.99. The summed E-state index contributed by atoms with van der Waals surface area (Å²) in [4.78, 5) is 58.2. The number of carbonyl (C=O) groups is 4. The first-order chi connectivity index (χ1) is 17.8. The number of carbonyl (C=O) groups excluding carboxylic acids is 4. The molecule has 0 unspecified atom stereocenters. The maximum Gasteiger partial charge on any atom is 0.303 e. The molecule has 8 nitrogen and oxygen atoms in total. The fourth-order valence-corrected chi connectivity index (χ4v) is 4.53. The summed E-state index contributed by atoms with van der Waals surface area (Å²) in [5.41, 5.74) is 1.61. The second-order valence-electron chi connectivity index (χ2n) is 8.42. The molecule has 184 valence electrons. The van der Waals surface area contributed by atoms with Crippen molar-refractivity contribution < 1.29 is 23.9 Å². The number of hydrogen-bond acceptors (Lipinski definition) is 6. The number of halogens is 1.